The zero-order valence-corrected chi connectivity index (χ0v) is 15.2. The summed E-state index contributed by atoms with van der Waals surface area (Å²) in [4.78, 5) is 0. The molecule has 24 heavy (non-hydrogen) atoms. The maximum absolute atomic E-state index is 5.75. The number of aryl methyl sites for hydroxylation is 1. The Bertz CT molecular complexity index is 818. The highest BCUT2D eigenvalue weighted by Gasteiger charge is 2.19. The summed E-state index contributed by atoms with van der Waals surface area (Å²) in [5, 5.41) is 16.5. The lowest BCUT2D eigenvalue weighted by Gasteiger charge is -2.18. The molecule has 0 saturated heterocycles. The summed E-state index contributed by atoms with van der Waals surface area (Å²) in [6.45, 7) is 10.3. The molecule has 3 rings (SSSR count). The summed E-state index contributed by atoms with van der Waals surface area (Å²) < 4.78 is 11.2. The molecule has 1 atom stereocenters. The van der Waals surface area contributed by atoms with E-state index < -0.39 is 0 Å². The topological polar surface area (TPSA) is 77.8 Å². The van der Waals surface area contributed by atoms with Gasteiger partial charge in [-0.05, 0) is 30.0 Å². The highest BCUT2D eigenvalue weighted by atomic mass is 32.2. The van der Waals surface area contributed by atoms with Gasteiger partial charge in [0, 0.05) is 12.5 Å². The minimum Gasteiger partial charge on any atom is -0.424 e. The molecule has 0 unspecified atom stereocenters. The Morgan fingerprint density at radius 1 is 0.958 bits per heavy atom. The van der Waals surface area contributed by atoms with Gasteiger partial charge in [-0.3, -0.25) is 0 Å². The molecule has 2 aromatic heterocycles. The van der Waals surface area contributed by atoms with Gasteiger partial charge < -0.3 is 8.83 Å². The molecule has 1 aromatic carbocycles. The predicted molar refractivity (Wildman–Crippen MR) is 91.7 cm³/mol. The Labute approximate surface area is 145 Å². The average molecular weight is 344 g/mol. The normalized spacial score (nSPS) is 13.2. The molecule has 0 N–H and O–H groups in total. The molecule has 0 spiro atoms. The van der Waals surface area contributed by atoms with Crippen molar-refractivity contribution in [3.05, 3.63) is 41.6 Å². The molecule has 0 amide bonds. The van der Waals surface area contributed by atoms with E-state index in [2.05, 4.69) is 53.3 Å². The van der Waals surface area contributed by atoms with Gasteiger partial charge in [-0.15, -0.1) is 20.4 Å². The number of aromatic nitrogens is 4. The maximum atomic E-state index is 5.75. The van der Waals surface area contributed by atoms with Crippen molar-refractivity contribution in [3.63, 3.8) is 0 Å². The molecule has 6 nitrogen and oxygen atoms in total. The van der Waals surface area contributed by atoms with Gasteiger partial charge >= 0.3 is 0 Å². The van der Waals surface area contributed by atoms with E-state index in [4.69, 9.17) is 8.83 Å². The molecule has 7 heteroatoms. The molecule has 3 aromatic rings. The molecule has 2 heterocycles. The van der Waals surface area contributed by atoms with Crippen LogP contribution in [-0.4, -0.2) is 20.4 Å². The molecule has 0 aliphatic rings. The molecule has 0 bridgehead atoms. The molecule has 0 aliphatic heterocycles. The van der Waals surface area contributed by atoms with Crippen LogP contribution in [0.2, 0.25) is 0 Å². The number of nitrogens with zero attached hydrogens (tertiary/aromatic N) is 4. The van der Waals surface area contributed by atoms with Crippen LogP contribution < -0.4 is 0 Å². The first-order chi connectivity index (χ1) is 11.3. The molecule has 0 aliphatic carbocycles. The van der Waals surface area contributed by atoms with Crippen LogP contribution in [0.25, 0.3) is 11.5 Å². The Hall–Kier alpha value is -2.15. The van der Waals surface area contributed by atoms with E-state index in [0.717, 1.165) is 5.56 Å². The zero-order chi connectivity index (χ0) is 17.3. The second kappa shape index (κ2) is 6.39. The highest BCUT2D eigenvalue weighted by molar-refractivity contribution is 7.99. The van der Waals surface area contributed by atoms with E-state index in [0.29, 0.717) is 22.9 Å². The van der Waals surface area contributed by atoms with Crippen molar-refractivity contribution < 1.29 is 8.83 Å². The number of rotatable bonds is 4. The fourth-order valence-electron chi connectivity index (χ4n) is 2.16. The number of hydrogen-bond acceptors (Lipinski definition) is 7. The van der Waals surface area contributed by atoms with E-state index in [1.54, 1.807) is 6.92 Å². The van der Waals surface area contributed by atoms with Gasteiger partial charge in [0.25, 0.3) is 5.22 Å². The minimum absolute atomic E-state index is 0.0530. The quantitative estimate of drug-likeness (QED) is 0.641. The van der Waals surface area contributed by atoms with Gasteiger partial charge in [0.15, 0.2) is 0 Å². The highest BCUT2D eigenvalue weighted by Crippen LogP contribution is 2.34. The first kappa shape index (κ1) is 16.7. The third-order valence-electron chi connectivity index (χ3n) is 3.57. The number of benzene rings is 1. The van der Waals surface area contributed by atoms with Crippen molar-refractivity contribution >= 4 is 11.8 Å². The third kappa shape index (κ3) is 3.67. The molecule has 126 valence electrons. The van der Waals surface area contributed by atoms with Gasteiger partial charge in [0.2, 0.25) is 17.7 Å². The van der Waals surface area contributed by atoms with E-state index in [1.165, 1.54) is 17.3 Å². The van der Waals surface area contributed by atoms with Crippen LogP contribution in [0.5, 0.6) is 0 Å². The molecule has 0 fully saturated rings. The van der Waals surface area contributed by atoms with Crippen LogP contribution in [0.4, 0.5) is 0 Å². The average Bonchev–Trinajstić information content (AvgIpc) is 3.16. The van der Waals surface area contributed by atoms with Crippen LogP contribution >= 0.6 is 11.8 Å². The van der Waals surface area contributed by atoms with Crippen molar-refractivity contribution in [2.75, 3.05) is 0 Å². The van der Waals surface area contributed by atoms with Crippen LogP contribution in [-0.2, 0) is 5.41 Å². The summed E-state index contributed by atoms with van der Waals surface area (Å²) >= 11 is 1.40. The monoisotopic (exact) mass is 344 g/mol. The molecule has 0 saturated carbocycles. The largest absolute Gasteiger partial charge is 0.424 e. The van der Waals surface area contributed by atoms with Crippen LogP contribution in [0, 0.1) is 6.92 Å². The lowest BCUT2D eigenvalue weighted by Crippen LogP contribution is -2.10. The standard InChI is InChI=1S/C17H20N4O2S/c1-10(14-19-18-11(2)22-14)24-16-21-20-15(23-16)12-6-8-13(9-7-12)17(3,4)5/h6-10H,1-5H3/t10-/m1/s1. The predicted octanol–water partition coefficient (Wildman–Crippen LogP) is 4.58. The van der Waals surface area contributed by atoms with Gasteiger partial charge in [-0.25, -0.2) is 0 Å². The van der Waals surface area contributed by atoms with Gasteiger partial charge in [0.1, 0.15) is 0 Å². The fourth-order valence-corrected chi connectivity index (χ4v) is 2.88. The molecule has 0 radical (unpaired) electrons. The summed E-state index contributed by atoms with van der Waals surface area (Å²) in [6.07, 6.45) is 0. The van der Waals surface area contributed by atoms with E-state index in [9.17, 15) is 0 Å². The third-order valence-corrected chi connectivity index (χ3v) is 4.49. The lowest BCUT2D eigenvalue weighted by atomic mass is 9.87. The van der Waals surface area contributed by atoms with Crippen molar-refractivity contribution in [1.29, 1.82) is 0 Å². The minimum atomic E-state index is -0.0530. The lowest BCUT2D eigenvalue weighted by molar-refractivity contribution is 0.454. The van der Waals surface area contributed by atoms with Gasteiger partial charge in [0.05, 0.1) is 5.25 Å². The summed E-state index contributed by atoms with van der Waals surface area (Å²) in [5.41, 5.74) is 2.29. The van der Waals surface area contributed by atoms with E-state index >= 15 is 0 Å². The SMILES string of the molecule is Cc1nnc([C@@H](C)Sc2nnc(-c3ccc(C(C)(C)C)cc3)o2)o1. The first-order valence-corrected chi connectivity index (χ1v) is 8.62. The second-order valence-electron chi connectivity index (χ2n) is 6.62. The van der Waals surface area contributed by atoms with Crippen LogP contribution in [0.3, 0.4) is 0 Å². The van der Waals surface area contributed by atoms with E-state index in [-0.39, 0.29) is 10.7 Å². The van der Waals surface area contributed by atoms with Crippen molar-refractivity contribution in [2.24, 2.45) is 0 Å². The number of hydrogen-bond donors (Lipinski definition) is 0. The first-order valence-electron chi connectivity index (χ1n) is 7.74. The van der Waals surface area contributed by atoms with Crippen molar-refractivity contribution in [2.45, 2.75) is 50.5 Å². The van der Waals surface area contributed by atoms with Crippen molar-refractivity contribution in [3.8, 4) is 11.5 Å². The van der Waals surface area contributed by atoms with Crippen LogP contribution in [0.1, 0.15) is 50.3 Å². The van der Waals surface area contributed by atoms with Gasteiger partial charge in [-0.2, -0.15) is 0 Å². The van der Waals surface area contributed by atoms with E-state index in [1.807, 2.05) is 19.1 Å². The number of thioether (sulfide) groups is 1. The Morgan fingerprint density at radius 2 is 1.67 bits per heavy atom. The molecular weight excluding hydrogens is 324 g/mol. The summed E-state index contributed by atoms with van der Waals surface area (Å²) in [6, 6.07) is 8.20. The Morgan fingerprint density at radius 3 is 2.25 bits per heavy atom. The smallest absolute Gasteiger partial charge is 0.277 e. The molecular formula is C17H20N4O2S. The summed E-state index contributed by atoms with van der Waals surface area (Å²) in [5.74, 6) is 1.60. The summed E-state index contributed by atoms with van der Waals surface area (Å²) in [7, 11) is 0. The van der Waals surface area contributed by atoms with Gasteiger partial charge in [-0.1, -0.05) is 44.7 Å². The zero-order valence-electron chi connectivity index (χ0n) is 14.4. The fraction of sp³-hybridized carbons (Fsp3) is 0.412. The Balaban J connectivity index is 1.73. The maximum Gasteiger partial charge on any atom is 0.277 e. The Kier molecular flexibility index (Phi) is 4.45. The second-order valence-corrected chi connectivity index (χ2v) is 7.91. The van der Waals surface area contributed by atoms with Crippen molar-refractivity contribution in [1.82, 2.24) is 20.4 Å². The van der Waals surface area contributed by atoms with Crippen LogP contribution in [0.15, 0.2) is 38.3 Å².